The lowest BCUT2D eigenvalue weighted by molar-refractivity contribution is -0.118. The highest BCUT2D eigenvalue weighted by Crippen LogP contribution is 2.21. The van der Waals surface area contributed by atoms with E-state index < -0.39 is 21.8 Å². The van der Waals surface area contributed by atoms with Gasteiger partial charge in [0.05, 0.1) is 4.90 Å². The summed E-state index contributed by atoms with van der Waals surface area (Å²) in [7, 11) is -3.56. The van der Waals surface area contributed by atoms with Crippen LogP contribution in [0.2, 0.25) is 0 Å². The minimum atomic E-state index is -3.56. The maximum absolute atomic E-state index is 12.4. The number of benzene rings is 2. The average molecular weight is 417 g/mol. The molecule has 2 aromatic carbocycles. The van der Waals surface area contributed by atoms with Crippen LogP contribution in [0.25, 0.3) is 0 Å². The molecule has 1 aliphatic carbocycles. The van der Waals surface area contributed by atoms with Gasteiger partial charge in [-0.1, -0.05) is 12.8 Å². The molecule has 8 nitrogen and oxygen atoms in total. The second-order valence-electron chi connectivity index (χ2n) is 6.85. The molecule has 3 rings (SSSR count). The number of rotatable bonds is 8. The Hall–Kier alpha value is -2.91. The van der Waals surface area contributed by atoms with E-state index >= 15 is 0 Å². The first kappa shape index (κ1) is 20.8. The number of anilines is 1. The molecule has 29 heavy (non-hydrogen) atoms. The normalized spacial score (nSPS) is 14.5. The van der Waals surface area contributed by atoms with E-state index in [4.69, 9.17) is 10.5 Å². The first-order valence-electron chi connectivity index (χ1n) is 9.28. The molecule has 0 spiro atoms. The van der Waals surface area contributed by atoms with Crippen LogP contribution in [0.3, 0.4) is 0 Å². The van der Waals surface area contributed by atoms with E-state index in [1.807, 2.05) is 0 Å². The van der Waals surface area contributed by atoms with E-state index in [0.29, 0.717) is 17.0 Å². The topological polar surface area (TPSA) is 128 Å². The Kier molecular flexibility index (Phi) is 6.50. The third-order valence-corrected chi connectivity index (χ3v) is 6.17. The number of hydrogen-bond acceptors (Lipinski definition) is 5. The van der Waals surface area contributed by atoms with Crippen LogP contribution in [0.1, 0.15) is 36.0 Å². The van der Waals surface area contributed by atoms with Crippen LogP contribution in [0.15, 0.2) is 53.4 Å². The Morgan fingerprint density at radius 3 is 2.21 bits per heavy atom. The number of primary amides is 1. The highest BCUT2D eigenvalue weighted by molar-refractivity contribution is 7.89. The summed E-state index contributed by atoms with van der Waals surface area (Å²) in [6, 6.07) is 12.1. The van der Waals surface area contributed by atoms with Gasteiger partial charge in [-0.3, -0.25) is 9.59 Å². The Morgan fingerprint density at radius 1 is 1.00 bits per heavy atom. The van der Waals surface area contributed by atoms with Crippen molar-refractivity contribution in [2.24, 2.45) is 5.73 Å². The zero-order valence-corrected chi connectivity index (χ0v) is 16.6. The molecule has 2 aromatic rings. The number of carbonyl (C=O) groups excluding carboxylic acids is 2. The van der Waals surface area contributed by atoms with Gasteiger partial charge < -0.3 is 15.8 Å². The van der Waals surface area contributed by atoms with Crippen LogP contribution in [-0.2, 0) is 14.8 Å². The third-order valence-electron chi connectivity index (χ3n) is 4.63. The summed E-state index contributed by atoms with van der Waals surface area (Å²) in [5, 5.41) is 2.63. The van der Waals surface area contributed by atoms with Crippen molar-refractivity contribution < 1.29 is 22.7 Å². The minimum absolute atomic E-state index is 0.00309. The van der Waals surface area contributed by atoms with Crippen LogP contribution in [-0.4, -0.2) is 32.9 Å². The number of nitrogens with one attached hydrogen (secondary N) is 2. The van der Waals surface area contributed by atoms with Gasteiger partial charge in [-0.05, 0) is 61.4 Å². The van der Waals surface area contributed by atoms with E-state index in [1.54, 1.807) is 12.1 Å². The van der Waals surface area contributed by atoms with Crippen LogP contribution < -0.4 is 20.5 Å². The number of sulfonamides is 1. The fourth-order valence-electron chi connectivity index (χ4n) is 3.11. The van der Waals surface area contributed by atoms with Gasteiger partial charge in [0.15, 0.2) is 6.61 Å². The second-order valence-corrected chi connectivity index (χ2v) is 8.57. The maximum Gasteiger partial charge on any atom is 0.262 e. The second kappa shape index (κ2) is 9.06. The molecule has 0 unspecified atom stereocenters. The Balaban J connectivity index is 1.51. The lowest BCUT2D eigenvalue weighted by Gasteiger charge is -2.13. The Morgan fingerprint density at radius 2 is 1.62 bits per heavy atom. The van der Waals surface area contributed by atoms with E-state index in [0.717, 1.165) is 25.7 Å². The summed E-state index contributed by atoms with van der Waals surface area (Å²) in [6.45, 7) is -0.246. The zero-order chi connectivity index (χ0) is 20.9. The standard InChI is InChI=1S/C20H23N3O5S/c21-20(25)14-5-7-15(8-6-14)22-19(24)13-28-17-9-11-18(12-10-17)29(26,27)23-16-3-1-2-4-16/h5-12,16,23H,1-4,13H2,(H2,21,25)(H,22,24). The molecule has 4 N–H and O–H groups in total. The van der Waals surface area contributed by atoms with E-state index in [1.165, 1.54) is 36.4 Å². The molecule has 0 bridgehead atoms. The quantitative estimate of drug-likeness (QED) is 0.605. The van der Waals surface area contributed by atoms with E-state index in [2.05, 4.69) is 10.0 Å². The minimum Gasteiger partial charge on any atom is -0.484 e. The van der Waals surface area contributed by atoms with Crippen LogP contribution >= 0.6 is 0 Å². The number of amides is 2. The summed E-state index contributed by atoms with van der Waals surface area (Å²) in [6.07, 6.45) is 3.80. The molecule has 0 atom stereocenters. The van der Waals surface area contributed by atoms with Gasteiger partial charge in [0, 0.05) is 17.3 Å². The average Bonchev–Trinajstić information content (AvgIpc) is 3.19. The van der Waals surface area contributed by atoms with Crippen molar-refractivity contribution in [1.29, 1.82) is 0 Å². The summed E-state index contributed by atoms with van der Waals surface area (Å²) >= 11 is 0. The Bertz CT molecular complexity index is 966. The Labute approximate surface area is 169 Å². The van der Waals surface area contributed by atoms with Gasteiger partial charge in [0.2, 0.25) is 15.9 Å². The molecule has 0 aromatic heterocycles. The zero-order valence-electron chi connectivity index (χ0n) is 15.8. The van der Waals surface area contributed by atoms with Crippen molar-refractivity contribution in [2.45, 2.75) is 36.6 Å². The summed E-state index contributed by atoms with van der Waals surface area (Å²) in [4.78, 5) is 23.2. The molecule has 154 valence electrons. The van der Waals surface area contributed by atoms with Gasteiger partial charge in [-0.15, -0.1) is 0 Å². The van der Waals surface area contributed by atoms with E-state index in [9.17, 15) is 18.0 Å². The number of ether oxygens (including phenoxy) is 1. The smallest absolute Gasteiger partial charge is 0.262 e. The lowest BCUT2D eigenvalue weighted by Crippen LogP contribution is -2.32. The first-order valence-corrected chi connectivity index (χ1v) is 10.8. The van der Waals surface area contributed by atoms with Crippen LogP contribution in [0.4, 0.5) is 5.69 Å². The SMILES string of the molecule is NC(=O)c1ccc(NC(=O)COc2ccc(S(=O)(=O)NC3CCCC3)cc2)cc1. The third kappa shape index (κ3) is 5.78. The molecule has 0 saturated heterocycles. The molecule has 1 saturated carbocycles. The van der Waals surface area contributed by atoms with Crippen LogP contribution in [0, 0.1) is 0 Å². The summed E-state index contributed by atoms with van der Waals surface area (Å²) in [5.41, 5.74) is 6.01. The molecule has 0 radical (unpaired) electrons. The highest BCUT2D eigenvalue weighted by atomic mass is 32.2. The molecule has 1 aliphatic rings. The fourth-order valence-corrected chi connectivity index (χ4v) is 4.41. The first-order chi connectivity index (χ1) is 13.8. The number of hydrogen-bond donors (Lipinski definition) is 3. The van der Waals surface area contributed by atoms with Crippen molar-refractivity contribution >= 4 is 27.5 Å². The van der Waals surface area contributed by atoms with Gasteiger partial charge in [-0.2, -0.15) is 0 Å². The molecular weight excluding hydrogens is 394 g/mol. The van der Waals surface area contributed by atoms with Gasteiger partial charge in [-0.25, -0.2) is 13.1 Å². The van der Waals surface area contributed by atoms with Gasteiger partial charge in [0.1, 0.15) is 5.75 Å². The fraction of sp³-hybridized carbons (Fsp3) is 0.300. The molecule has 2 amide bonds. The van der Waals surface area contributed by atoms with Crippen molar-refractivity contribution in [3.8, 4) is 5.75 Å². The lowest BCUT2D eigenvalue weighted by atomic mass is 10.2. The largest absolute Gasteiger partial charge is 0.484 e. The van der Waals surface area contributed by atoms with Crippen LogP contribution in [0.5, 0.6) is 5.75 Å². The molecule has 0 aliphatic heterocycles. The highest BCUT2D eigenvalue weighted by Gasteiger charge is 2.22. The predicted octanol–water partition coefficient (Wildman–Crippen LogP) is 2.02. The van der Waals surface area contributed by atoms with E-state index in [-0.39, 0.29) is 17.5 Å². The molecule has 1 fully saturated rings. The number of nitrogens with two attached hydrogens (primary N) is 1. The van der Waals surface area contributed by atoms with Gasteiger partial charge >= 0.3 is 0 Å². The molecular formula is C20H23N3O5S. The summed E-state index contributed by atoms with van der Waals surface area (Å²) in [5.74, 6) is -0.560. The maximum atomic E-state index is 12.4. The number of carbonyl (C=O) groups is 2. The summed E-state index contributed by atoms with van der Waals surface area (Å²) < 4.78 is 32.9. The van der Waals surface area contributed by atoms with Crippen molar-refractivity contribution in [3.63, 3.8) is 0 Å². The van der Waals surface area contributed by atoms with Crippen molar-refractivity contribution in [1.82, 2.24) is 4.72 Å². The van der Waals surface area contributed by atoms with Gasteiger partial charge in [0.25, 0.3) is 5.91 Å². The van der Waals surface area contributed by atoms with Crippen molar-refractivity contribution in [3.05, 3.63) is 54.1 Å². The van der Waals surface area contributed by atoms with Crippen molar-refractivity contribution in [2.75, 3.05) is 11.9 Å². The molecule has 0 heterocycles. The monoisotopic (exact) mass is 417 g/mol. The predicted molar refractivity (Wildman–Crippen MR) is 108 cm³/mol. The molecule has 9 heteroatoms.